The quantitative estimate of drug-likeness (QED) is 0.857. The van der Waals surface area contributed by atoms with Crippen LogP contribution < -0.4 is 10.2 Å². The van der Waals surface area contributed by atoms with Gasteiger partial charge in [0.25, 0.3) is 0 Å². The smallest absolute Gasteiger partial charge is 0.128 e. The third-order valence-electron chi connectivity index (χ3n) is 6.63. The van der Waals surface area contributed by atoms with Crippen molar-refractivity contribution in [2.45, 2.75) is 51.3 Å². The lowest BCUT2D eigenvalue weighted by Gasteiger charge is -2.61. The normalized spacial score (nSPS) is 28.6. The van der Waals surface area contributed by atoms with E-state index in [9.17, 15) is 0 Å². The van der Waals surface area contributed by atoms with E-state index < -0.39 is 0 Å². The molecule has 4 rings (SSSR count). The lowest BCUT2D eigenvalue weighted by molar-refractivity contribution is -0.173. The first-order valence-electron chi connectivity index (χ1n) is 9.95. The highest BCUT2D eigenvalue weighted by molar-refractivity contribution is 5.40. The SMILES string of the molecule is CCO[C@H]1C[C@H](NCc2ccc(N3CCN(C)CC3)nc2)C12CCC2. The molecule has 2 saturated carbocycles. The third-order valence-corrected chi connectivity index (χ3v) is 6.63. The molecule has 1 spiro atoms. The average Bonchev–Trinajstić information content (AvgIpc) is 2.57. The van der Waals surface area contributed by atoms with Crippen LogP contribution in [-0.2, 0) is 11.3 Å². The van der Waals surface area contributed by atoms with Gasteiger partial charge in [0, 0.05) is 57.0 Å². The Kier molecular flexibility index (Phi) is 4.98. The Morgan fingerprint density at radius 1 is 1.24 bits per heavy atom. The predicted molar refractivity (Wildman–Crippen MR) is 101 cm³/mol. The molecule has 0 bridgehead atoms. The molecule has 2 aliphatic carbocycles. The molecule has 3 fully saturated rings. The van der Waals surface area contributed by atoms with Gasteiger partial charge in [0.2, 0.25) is 0 Å². The second-order valence-electron chi connectivity index (χ2n) is 8.01. The van der Waals surface area contributed by atoms with Gasteiger partial charge in [0.05, 0.1) is 6.10 Å². The first-order chi connectivity index (χ1) is 12.2. The van der Waals surface area contributed by atoms with Crippen molar-refractivity contribution in [1.29, 1.82) is 0 Å². The summed E-state index contributed by atoms with van der Waals surface area (Å²) in [6, 6.07) is 5.04. The van der Waals surface area contributed by atoms with Crippen molar-refractivity contribution in [1.82, 2.24) is 15.2 Å². The van der Waals surface area contributed by atoms with E-state index in [1.165, 1.54) is 31.2 Å². The molecular formula is C20H32N4O. The Bertz CT molecular complexity index is 564. The predicted octanol–water partition coefficient (Wildman–Crippen LogP) is 2.27. The zero-order chi connectivity index (χ0) is 17.3. The fourth-order valence-corrected chi connectivity index (χ4v) is 4.71. The standard InChI is InChI=1S/C20H32N4O/c1-3-25-18-13-17(20(18)7-4-8-20)21-14-16-5-6-19(22-15-16)24-11-9-23(2)10-12-24/h5-6,15,17-18,21H,3-4,7-14H2,1-2H3/t17-,18-/m0/s1. The summed E-state index contributed by atoms with van der Waals surface area (Å²) in [5.41, 5.74) is 1.72. The van der Waals surface area contributed by atoms with E-state index in [0.717, 1.165) is 45.1 Å². The first-order valence-corrected chi connectivity index (χ1v) is 9.95. The monoisotopic (exact) mass is 344 g/mol. The van der Waals surface area contributed by atoms with Crippen molar-refractivity contribution in [3.63, 3.8) is 0 Å². The molecule has 2 heterocycles. The van der Waals surface area contributed by atoms with Crippen LogP contribution in [0.4, 0.5) is 5.82 Å². The van der Waals surface area contributed by atoms with Crippen LogP contribution in [-0.4, -0.2) is 61.9 Å². The number of nitrogens with one attached hydrogen (secondary N) is 1. The largest absolute Gasteiger partial charge is 0.378 e. The van der Waals surface area contributed by atoms with Gasteiger partial charge in [-0.3, -0.25) is 0 Å². The number of likely N-dealkylation sites (N-methyl/N-ethyl adjacent to an activating group) is 1. The first kappa shape index (κ1) is 17.3. The maximum Gasteiger partial charge on any atom is 0.128 e. The number of pyridine rings is 1. The molecule has 0 amide bonds. The van der Waals surface area contributed by atoms with E-state index in [1.807, 2.05) is 6.20 Å². The van der Waals surface area contributed by atoms with Gasteiger partial charge < -0.3 is 19.9 Å². The Balaban J connectivity index is 1.29. The van der Waals surface area contributed by atoms with Crippen LogP contribution in [0.15, 0.2) is 18.3 Å². The van der Waals surface area contributed by atoms with E-state index >= 15 is 0 Å². The Hall–Kier alpha value is -1.17. The number of anilines is 1. The summed E-state index contributed by atoms with van der Waals surface area (Å²) in [7, 11) is 2.19. The number of aromatic nitrogens is 1. The zero-order valence-electron chi connectivity index (χ0n) is 15.7. The fraction of sp³-hybridized carbons (Fsp3) is 0.750. The van der Waals surface area contributed by atoms with Gasteiger partial charge in [0.1, 0.15) is 5.82 Å². The van der Waals surface area contributed by atoms with E-state index in [-0.39, 0.29) is 0 Å². The van der Waals surface area contributed by atoms with Gasteiger partial charge in [-0.15, -0.1) is 0 Å². The number of nitrogens with zero attached hydrogens (tertiary/aromatic N) is 3. The Labute approximate surface area is 151 Å². The van der Waals surface area contributed by atoms with E-state index in [1.54, 1.807) is 0 Å². The summed E-state index contributed by atoms with van der Waals surface area (Å²) in [6.07, 6.45) is 7.73. The van der Waals surface area contributed by atoms with Crippen molar-refractivity contribution in [2.24, 2.45) is 5.41 Å². The second kappa shape index (κ2) is 7.22. The molecule has 25 heavy (non-hydrogen) atoms. The average molecular weight is 345 g/mol. The van der Waals surface area contributed by atoms with Gasteiger partial charge in [0.15, 0.2) is 0 Å². The number of rotatable bonds is 6. The number of hydrogen-bond acceptors (Lipinski definition) is 5. The van der Waals surface area contributed by atoms with Crippen molar-refractivity contribution in [3.05, 3.63) is 23.9 Å². The minimum atomic E-state index is 0.434. The fourth-order valence-electron chi connectivity index (χ4n) is 4.71. The molecular weight excluding hydrogens is 312 g/mol. The molecule has 5 heteroatoms. The lowest BCUT2D eigenvalue weighted by atomic mass is 9.51. The van der Waals surface area contributed by atoms with Crippen molar-refractivity contribution >= 4 is 5.82 Å². The Morgan fingerprint density at radius 3 is 2.64 bits per heavy atom. The molecule has 1 saturated heterocycles. The van der Waals surface area contributed by atoms with E-state index in [2.05, 4.69) is 41.2 Å². The van der Waals surface area contributed by atoms with Gasteiger partial charge in [-0.1, -0.05) is 12.5 Å². The number of ether oxygens (including phenoxy) is 1. The molecule has 0 aromatic carbocycles. The summed E-state index contributed by atoms with van der Waals surface area (Å²) in [5, 5.41) is 3.78. The highest BCUT2D eigenvalue weighted by atomic mass is 16.5. The van der Waals surface area contributed by atoms with Crippen molar-refractivity contribution < 1.29 is 4.74 Å². The third kappa shape index (κ3) is 3.29. The van der Waals surface area contributed by atoms with Crippen molar-refractivity contribution in [2.75, 3.05) is 44.7 Å². The van der Waals surface area contributed by atoms with E-state index in [0.29, 0.717) is 17.6 Å². The minimum absolute atomic E-state index is 0.434. The maximum atomic E-state index is 5.95. The molecule has 3 aliphatic rings. The summed E-state index contributed by atoms with van der Waals surface area (Å²) < 4.78 is 5.95. The summed E-state index contributed by atoms with van der Waals surface area (Å²) >= 11 is 0. The van der Waals surface area contributed by atoms with Crippen molar-refractivity contribution in [3.8, 4) is 0 Å². The molecule has 0 radical (unpaired) electrons. The molecule has 1 aliphatic heterocycles. The van der Waals surface area contributed by atoms with Crippen LogP contribution in [0.5, 0.6) is 0 Å². The molecule has 138 valence electrons. The van der Waals surface area contributed by atoms with Crippen LogP contribution in [0.2, 0.25) is 0 Å². The lowest BCUT2D eigenvalue weighted by Crippen LogP contribution is -2.66. The highest BCUT2D eigenvalue weighted by Gasteiger charge is 2.58. The van der Waals surface area contributed by atoms with Crippen LogP contribution >= 0.6 is 0 Å². The Morgan fingerprint density at radius 2 is 2.04 bits per heavy atom. The van der Waals surface area contributed by atoms with Gasteiger partial charge in [-0.25, -0.2) is 4.98 Å². The maximum absolute atomic E-state index is 5.95. The summed E-state index contributed by atoms with van der Waals surface area (Å²) in [4.78, 5) is 9.47. The molecule has 0 unspecified atom stereocenters. The highest BCUT2D eigenvalue weighted by Crippen LogP contribution is 2.57. The molecule has 2 atom stereocenters. The molecule has 1 N–H and O–H groups in total. The van der Waals surface area contributed by atoms with Gasteiger partial charge >= 0.3 is 0 Å². The topological polar surface area (TPSA) is 40.6 Å². The van der Waals surface area contributed by atoms with Gasteiger partial charge in [-0.05, 0) is 44.9 Å². The number of hydrogen-bond donors (Lipinski definition) is 1. The second-order valence-corrected chi connectivity index (χ2v) is 8.01. The molecule has 5 nitrogen and oxygen atoms in total. The summed E-state index contributed by atoms with van der Waals surface area (Å²) in [6.45, 7) is 8.26. The van der Waals surface area contributed by atoms with Crippen LogP contribution in [0, 0.1) is 5.41 Å². The summed E-state index contributed by atoms with van der Waals surface area (Å²) in [5.74, 6) is 1.12. The van der Waals surface area contributed by atoms with Crippen LogP contribution in [0.3, 0.4) is 0 Å². The molecule has 1 aromatic rings. The van der Waals surface area contributed by atoms with E-state index in [4.69, 9.17) is 9.72 Å². The minimum Gasteiger partial charge on any atom is -0.378 e. The van der Waals surface area contributed by atoms with Gasteiger partial charge in [-0.2, -0.15) is 0 Å². The molecule has 1 aromatic heterocycles. The van der Waals surface area contributed by atoms with Crippen LogP contribution in [0.1, 0.15) is 38.2 Å². The zero-order valence-corrected chi connectivity index (χ0v) is 15.7. The number of piperazine rings is 1. The van der Waals surface area contributed by atoms with Crippen LogP contribution in [0.25, 0.3) is 0 Å².